The first-order valence-corrected chi connectivity index (χ1v) is 6.56. The van der Waals surface area contributed by atoms with E-state index in [1.807, 2.05) is 24.3 Å². The van der Waals surface area contributed by atoms with Crippen LogP contribution in [0.2, 0.25) is 5.02 Å². The maximum absolute atomic E-state index is 5.81. The van der Waals surface area contributed by atoms with Gasteiger partial charge in [0.05, 0.1) is 5.02 Å². The molecule has 2 N–H and O–H groups in total. The Labute approximate surface area is 110 Å². The zero-order chi connectivity index (χ0) is 12.1. The van der Waals surface area contributed by atoms with E-state index < -0.39 is 0 Å². The lowest BCUT2D eigenvalue weighted by Gasteiger charge is -2.07. The van der Waals surface area contributed by atoms with E-state index in [2.05, 4.69) is 17.1 Å². The van der Waals surface area contributed by atoms with Gasteiger partial charge in [-0.15, -0.1) is 0 Å². The summed E-state index contributed by atoms with van der Waals surface area (Å²) in [5.41, 5.74) is 6.86. The van der Waals surface area contributed by atoms with Gasteiger partial charge < -0.3 is 5.73 Å². The molecular weight excluding hydrogens is 252 g/mol. The summed E-state index contributed by atoms with van der Waals surface area (Å²) in [4.78, 5) is 5.48. The van der Waals surface area contributed by atoms with Gasteiger partial charge in [0.1, 0.15) is 5.03 Å². The van der Waals surface area contributed by atoms with E-state index in [4.69, 9.17) is 17.3 Å². The van der Waals surface area contributed by atoms with E-state index >= 15 is 0 Å². The Kier molecular flexibility index (Phi) is 4.42. The van der Waals surface area contributed by atoms with Gasteiger partial charge in [-0.2, -0.15) is 0 Å². The van der Waals surface area contributed by atoms with Gasteiger partial charge in [0.2, 0.25) is 0 Å². The van der Waals surface area contributed by atoms with Crippen LogP contribution < -0.4 is 5.73 Å². The molecule has 0 amide bonds. The molecule has 2 rings (SSSR count). The molecule has 0 aliphatic rings. The molecule has 0 saturated heterocycles. The number of pyridine rings is 1. The molecule has 0 saturated carbocycles. The third-order valence-electron chi connectivity index (χ3n) is 2.30. The Morgan fingerprint density at radius 1 is 1.18 bits per heavy atom. The standard InChI is InChI=1S/C13H13ClN2S/c14-11-5-6-13(16-9-11)17-12-4-2-1-3-10(12)7-8-15/h1-6,9H,7-8,15H2. The summed E-state index contributed by atoms with van der Waals surface area (Å²) < 4.78 is 0. The van der Waals surface area contributed by atoms with Crippen molar-refractivity contribution in [1.82, 2.24) is 4.98 Å². The number of nitrogens with zero attached hydrogens (tertiary/aromatic N) is 1. The Balaban J connectivity index is 2.20. The fraction of sp³-hybridized carbons (Fsp3) is 0.154. The van der Waals surface area contributed by atoms with Crippen LogP contribution in [0.1, 0.15) is 5.56 Å². The molecule has 2 aromatic rings. The predicted molar refractivity (Wildman–Crippen MR) is 72.6 cm³/mol. The lowest BCUT2D eigenvalue weighted by molar-refractivity contribution is 0.943. The number of nitrogens with two attached hydrogens (primary N) is 1. The molecule has 0 atom stereocenters. The van der Waals surface area contributed by atoms with Crippen LogP contribution in [0.25, 0.3) is 0 Å². The first-order valence-electron chi connectivity index (χ1n) is 5.37. The monoisotopic (exact) mass is 264 g/mol. The SMILES string of the molecule is NCCc1ccccc1Sc1ccc(Cl)cn1. The van der Waals surface area contributed by atoms with Gasteiger partial charge in [-0.05, 0) is 36.7 Å². The minimum absolute atomic E-state index is 0.657. The third-order valence-corrected chi connectivity index (χ3v) is 3.59. The summed E-state index contributed by atoms with van der Waals surface area (Å²) in [6.45, 7) is 0.658. The summed E-state index contributed by atoms with van der Waals surface area (Å²) in [7, 11) is 0. The first kappa shape index (κ1) is 12.4. The minimum atomic E-state index is 0.657. The van der Waals surface area contributed by atoms with Crippen molar-refractivity contribution in [2.75, 3.05) is 6.54 Å². The molecule has 4 heteroatoms. The molecule has 0 aliphatic heterocycles. The molecule has 2 nitrogen and oxygen atoms in total. The Morgan fingerprint density at radius 2 is 2.00 bits per heavy atom. The fourth-order valence-electron chi connectivity index (χ4n) is 1.50. The second kappa shape index (κ2) is 6.05. The van der Waals surface area contributed by atoms with Gasteiger partial charge in [0.15, 0.2) is 0 Å². The van der Waals surface area contributed by atoms with Crippen molar-refractivity contribution in [3.63, 3.8) is 0 Å². The number of rotatable bonds is 4. The third kappa shape index (κ3) is 3.46. The number of benzene rings is 1. The van der Waals surface area contributed by atoms with Crippen molar-refractivity contribution < 1.29 is 0 Å². The summed E-state index contributed by atoms with van der Waals surface area (Å²) in [5.74, 6) is 0. The molecule has 0 radical (unpaired) electrons. The second-order valence-corrected chi connectivity index (χ2v) is 5.06. The average Bonchev–Trinajstić information content (AvgIpc) is 2.35. The van der Waals surface area contributed by atoms with Gasteiger partial charge in [-0.3, -0.25) is 0 Å². The molecule has 0 spiro atoms. The number of halogens is 1. The van der Waals surface area contributed by atoms with Crippen LogP contribution in [-0.2, 0) is 6.42 Å². The smallest absolute Gasteiger partial charge is 0.101 e. The van der Waals surface area contributed by atoms with Gasteiger partial charge in [-0.25, -0.2) is 4.98 Å². The topological polar surface area (TPSA) is 38.9 Å². The molecule has 1 heterocycles. The molecule has 1 aromatic carbocycles. The highest BCUT2D eigenvalue weighted by Crippen LogP contribution is 2.29. The molecule has 0 unspecified atom stereocenters. The Bertz CT molecular complexity index is 485. The molecule has 0 fully saturated rings. The molecular formula is C13H13ClN2S. The molecule has 1 aromatic heterocycles. The van der Waals surface area contributed by atoms with Crippen molar-refractivity contribution in [3.8, 4) is 0 Å². The van der Waals surface area contributed by atoms with Gasteiger partial charge in [0, 0.05) is 11.1 Å². The van der Waals surface area contributed by atoms with E-state index in [0.717, 1.165) is 11.4 Å². The normalized spacial score (nSPS) is 10.5. The highest BCUT2D eigenvalue weighted by atomic mass is 35.5. The number of aromatic nitrogens is 1. The number of hydrogen-bond acceptors (Lipinski definition) is 3. The first-order chi connectivity index (χ1) is 8.29. The van der Waals surface area contributed by atoms with E-state index in [9.17, 15) is 0 Å². The van der Waals surface area contributed by atoms with Crippen molar-refractivity contribution >= 4 is 23.4 Å². The van der Waals surface area contributed by atoms with Crippen LogP contribution in [0.5, 0.6) is 0 Å². The Hall–Kier alpha value is -1.03. The molecule has 0 aliphatic carbocycles. The van der Waals surface area contributed by atoms with Crippen LogP contribution >= 0.6 is 23.4 Å². The van der Waals surface area contributed by atoms with E-state index in [1.165, 1.54) is 10.5 Å². The fourth-order valence-corrected chi connectivity index (χ4v) is 2.53. The zero-order valence-corrected chi connectivity index (χ0v) is 10.8. The van der Waals surface area contributed by atoms with E-state index in [1.54, 1.807) is 18.0 Å². The van der Waals surface area contributed by atoms with Crippen molar-refractivity contribution in [2.45, 2.75) is 16.3 Å². The van der Waals surface area contributed by atoms with Crippen LogP contribution in [0.15, 0.2) is 52.5 Å². The van der Waals surface area contributed by atoms with E-state index in [0.29, 0.717) is 11.6 Å². The molecule has 88 valence electrons. The van der Waals surface area contributed by atoms with Gasteiger partial charge in [-0.1, -0.05) is 41.6 Å². The lowest BCUT2D eigenvalue weighted by Crippen LogP contribution is -2.03. The summed E-state index contributed by atoms with van der Waals surface area (Å²) >= 11 is 7.44. The summed E-state index contributed by atoms with van der Waals surface area (Å²) in [6, 6.07) is 12.0. The molecule has 0 bridgehead atoms. The van der Waals surface area contributed by atoms with Crippen LogP contribution in [0.3, 0.4) is 0 Å². The summed E-state index contributed by atoms with van der Waals surface area (Å²) in [5, 5.41) is 1.60. The van der Waals surface area contributed by atoms with Crippen molar-refractivity contribution in [2.24, 2.45) is 5.73 Å². The highest BCUT2D eigenvalue weighted by Gasteiger charge is 2.04. The maximum atomic E-state index is 5.81. The summed E-state index contributed by atoms with van der Waals surface area (Å²) in [6.07, 6.45) is 2.55. The Morgan fingerprint density at radius 3 is 2.71 bits per heavy atom. The van der Waals surface area contributed by atoms with Crippen LogP contribution in [-0.4, -0.2) is 11.5 Å². The van der Waals surface area contributed by atoms with Gasteiger partial charge >= 0.3 is 0 Å². The lowest BCUT2D eigenvalue weighted by atomic mass is 10.1. The van der Waals surface area contributed by atoms with Gasteiger partial charge in [0.25, 0.3) is 0 Å². The van der Waals surface area contributed by atoms with Crippen molar-refractivity contribution in [1.29, 1.82) is 0 Å². The minimum Gasteiger partial charge on any atom is -0.330 e. The molecule has 17 heavy (non-hydrogen) atoms. The largest absolute Gasteiger partial charge is 0.330 e. The zero-order valence-electron chi connectivity index (χ0n) is 9.27. The predicted octanol–water partition coefficient (Wildman–Crippen LogP) is 3.39. The van der Waals surface area contributed by atoms with Crippen molar-refractivity contribution in [3.05, 3.63) is 53.2 Å². The second-order valence-electron chi connectivity index (χ2n) is 3.56. The van der Waals surface area contributed by atoms with E-state index in [-0.39, 0.29) is 0 Å². The highest BCUT2D eigenvalue weighted by molar-refractivity contribution is 7.99. The average molecular weight is 265 g/mol. The van der Waals surface area contributed by atoms with Crippen LogP contribution in [0, 0.1) is 0 Å². The number of hydrogen-bond donors (Lipinski definition) is 1. The maximum Gasteiger partial charge on any atom is 0.101 e. The van der Waals surface area contributed by atoms with Crippen LogP contribution in [0.4, 0.5) is 0 Å². The quantitative estimate of drug-likeness (QED) is 0.920.